The molecule has 1 unspecified atom stereocenters. The number of hydrogen-bond acceptors (Lipinski definition) is 3. The van der Waals surface area contributed by atoms with E-state index in [1.54, 1.807) is 12.1 Å². The maximum absolute atomic E-state index is 13.0. The van der Waals surface area contributed by atoms with Crippen molar-refractivity contribution in [1.29, 1.82) is 0 Å². The number of nitrogens with zero attached hydrogens (tertiary/aromatic N) is 2. The fourth-order valence-corrected chi connectivity index (χ4v) is 2.83. The molecule has 3 rings (SSSR count). The predicted octanol–water partition coefficient (Wildman–Crippen LogP) is 4.51. The van der Waals surface area contributed by atoms with Gasteiger partial charge in [-0.15, -0.1) is 24.0 Å². The van der Waals surface area contributed by atoms with Crippen LogP contribution < -0.4 is 15.4 Å². The lowest BCUT2D eigenvalue weighted by Crippen LogP contribution is -2.41. The largest absolute Gasteiger partial charge is 0.489 e. The molecule has 0 aliphatic rings. The summed E-state index contributed by atoms with van der Waals surface area (Å²) < 4.78 is 18.8. The highest BCUT2D eigenvalue weighted by molar-refractivity contribution is 14.0. The number of ether oxygens (including phenoxy) is 1. The van der Waals surface area contributed by atoms with Gasteiger partial charge in [-0.05, 0) is 49.6 Å². The van der Waals surface area contributed by atoms with Crippen LogP contribution in [0.2, 0.25) is 0 Å². The van der Waals surface area contributed by atoms with Crippen LogP contribution in [0.25, 0.3) is 10.8 Å². The fourth-order valence-electron chi connectivity index (χ4n) is 2.83. The molecule has 2 N–H and O–H groups in total. The summed E-state index contributed by atoms with van der Waals surface area (Å²) in [6.07, 6.45) is 1.71. The summed E-state index contributed by atoms with van der Waals surface area (Å²) in [5.74, 6) is 1.06. The fraction of sp³-hybridized carbons (Fsp3) is 0.273. The molecule has 3 aromatic rings. The van der Waals surface area contributed by atoms with E-state index in [0.717, 1.165) is 23.0 Å². The SMILES string of the molecule is CCNC(=NCc1nccc2ccccc12)NCC(C)Oc1ccc(F)cc1.I. The summed E-state index contributed by atoms with van der Waals surface area (Å²) in [5.41, 5.74) is 0.936. The number of guanidine groups is 1. The second kappa shape index (κ2) is 11.5. The van der Waals surface area contributed by atoms with Gasteiger partial charge in [0.05, 0.1) is 18.8 Å². The number of fused-ring (bicyclic) bond motifs is 1. The molecule has 1 atom stereocenters. The van der Waals surface area contributed by atoms with E-state index in [2.05, 4.69) is 32.7 Å². The second-order valence-electron chi connectivity index (χ2n) is 6.44. The molecule has 0 aliphatic carbocycles. The molecule has 1 heterocycles. The Morgan fingerprint density at radius 2 is 1.86 bits per heavy atom. The lowest BCUT2D eigenvalue weighted by molar-refractivity contribution is 0.223. The number of aliphatic imine (C=N–C) groups is 1. The zero-order valence-electron chi connectivity index (χ0n) is 16.6. The van der Waals surface area contributed by atoms with Gasteiger partial charge >= 0.3 is 0 Å². The van der Waals surface area contributed by atoms with Gasteiger partial charge in [0, 0.05) is 18.1 Å². The van der Waals surface area contributed by atoms with Crippen molar-refractivity contribution in [3.8, 4) is 5.75 Å². The number of hydrogen-bond donors (Lipinski definition) is 2. The zero-order valence-corrected chi connectivity index (χ0v) is 18.9. The standard InChI is InChI=1S/C22H25FN4O.HI/c1-3-24-22(26-14-16(2)28-19-10-8-18(23)9-11-19)27-15-21-20-7-5-4-6-17(20)12-13-25-21;/h4-13,16H,3,14-15H2,1-2H3,(H2,24,26,27);1H. The molecule has 7 heteroatoms. The number of nitrogens with one attached hydrogen (secondary N) is 2. The second-order valence-corrected chi connectivity index (χ2v) is 6.44. The maximum atomic E-state index is 13.0. The molecule has 0 amide bonds. The molecular formula is C22H26FIN4O. The van der Waals surface area contributed by atoms with E-state index < -0.39 is 0 Å². The van der Waals surface area contributed by atoms with Crippen LogP contribution in [0.4, 0.5) is 4.39 Å². The van der Waals surface area contributed by atoms with Crippen molar-refractivity contribution in [1.82, 2.24) is 15.6 Å². The highest BCUT2D eigenvalue weighted by atomic mass is 127. The Morgan fingerprint density at radius 1 is 1.10 bits per heavy atom. The molecule has 5 nitrogen and oxygen atoms in total. The van der Waals surface area contributed by atoms with Crippen LogP contribution in [0.1, 0.15) is 19.5 Å². The number of pyridine rings is 1. The van der Waals surface area contributed by atoms with Gasteiger partial charge in [-0.3, -0.25) is 4.98 Å². The molecule has 0 bridgehead atoms. The average Bonchev–Trinajstić information content (AvgIpc) is 2.72. The minimum absolute atomic E-state index is 0. The van der Waals surface area contributed by atoms with E-state index in [-0.39, 0.29) is 35.9 Å². The summed E-state index contributed by atoms with van der Waals surface area (Å²) in [7, 11) is 0. The van der Waals surface area contributed by atoms with Gasteiger partial charge in [-0.25, -0.2) is 9.38 Å². The first-order chi connectivity index (χ1) is 13.7. The first-order valence-electron chi connectivity index (χ1n) is 9.42. The molecule has 2 aromatic carbocycles. The van der Waals surface area contributed by atoms with Crippen molar-refractivity contribution in [2.75, 3.05) is 13.1 Å². The van der Waals surface area contributed by atoms with Crippen molar-refractivity contribution in [2.45, 2.75) is 26.5 Å². The minimum Gasteiger partial charge on any atom is -0.489 e. The van der Waals surface area contributed by atoms with Gasteiger partial charge in [0.25, 0.3) is 0 Å². The van der Waals surface area contributed by atoms with Crippen LogP contribution in [0.15, 0.2) is 65.8 Å². The first-order valence-corrected chi connectivity index (χ1v) is 9.42. The Kier molecular flexibility index (Phi) is 9.11. The highest BCUT2D eigenvalue weighted by Crippen LogP contribution is 2.17. The molecule has 29 heavy (non-hydrogen) atoms. The van der Waals surface area contributed by atoms with Crippen LogP contribution in [0, 0.1) is 5.82 Å². The normalized spacial score (nSPS) is 12.2. The van der Waals surface area contributed by atoms with Gasteiger partial charge in [0.15, 0.2) is 5.96 Å². The number of halogens is 2. The number of aromatic nitrogens is 1. The molecule has 0 fully saturated rings. The lowest BCUT2D eigenvalue weighted by atomic mass is 10.1. The Morgan fingerprint density at radius 3 is 2.62 bits per heavy atom. The quantitative estimate of drug-likeness (QED) is 0.280. The summed E-state index contributed by atoms with van der Waals surface area (Å²) in [5, 5.41) is 8.78. The maximum Gasteiger partial charge on any atom is 0.191 e. The number of benzene rings is 2. The monoisotopic (exact) mass is 508 g/mol. The highest BCUT2D eigenvalue weighted by Gasteiger charge is 2.07. The molecule has 0 aliphatic heterocycles. The summed E-state index contributed by atoms with van der Waals surface area (Å²) in [4.78, 5) is 9.13. The van der Waals surface area contributed by atoms with E-state index in [0.29, 0.717) is 24.8 Å². The zero-order chi connectivity index (χ0) is 19.8. The van der Waals surface area contributed by atoms with Crippen molar-refractivity contribution in [3.63, 3.8) is 0 Å². The molecular weight excluding hydrogens is 482 g/mol. The predicted molar refractivity (Wildman–Crippen MR) is 126 cm³/mol. The van der Waals surface area contributed by atoms with Crippen LogP contribution in [-0.2, 0) is 6.54 Å². The molecule has 0 saturated heterocycles. The molecule has 0 spiro atoms. The Bertz CT molecular complexity index is 928. The summed E-state index contributed by atoms with van der Waals surface area (Å²) in [6, 6.07) is 16.2. The van der Waals surface area contributed by atoms with Crippen LogP contribution in [0.5, 0.6) is 5.75 Å². The number of rotatable bonds is 7. The molecule has 1 aromatic heterocycles. The van der Waals surface area contributed by atoms with E-state index >= 15 is 0 Å². The van der Waals surface area contributed by atoms with Gasteiger partial charge in [0.1, 0.15) is 17.7 Å². The van der Waals surface area contributed by atoms with Crippen molar-refractivity contribution < 1.29 is 9.13 Å². The Balaban J connectivity index is 0.00000300. The van der Waals surface area contributed by atoms with E-state index in [1.165, 1.54) is 12.1 Å². The van der Waals surface area contributed by atoms with E-state index in [4.69, 9.17) is 4.74 Å². The van der Waals surface area contributed by atoms with E-state index in [9.17, 15) is 4.39 Å². The molecule has 0 radical (unpaired) electrons. The van der Waals surface area contributed by atoms with Crippen LogP contribution in [0.3, 0.4) is 0 Å². The third kappa shape index (κ3) is 6.85. The van der Waals surface area contributed by atoms with Gasteiger partial charge in [0.2, 0.25) is 0 Å². The molecule has 0 saturated carbocycles. The minimum atomic E-state index is -0.276. The molecule has 154 valence electrons. The smallest absolute Gasteiger partial charge is 0.191 e. The van der Waals surface area contributed by atoms with Crippen molar-refractivity contribution in [2.24, 2.45) is 4.99 Å². The third-order valence-corrected chi connectivity index (χ3v) is 4.20. The Labute approximate surface area is 187 Å². The van der Waals surface area contributed by atoms with Crippen LogP contribution >= 0.6 is 24.0 Å². The average molecular weight is 508 g/mol. The Hall–Kier alpha value is -2.42. The van der Waals surface area contributed by atoms with Gasteiger partial charge in [-0.2, -0.15) is 0 Å². The topological polar surface area (TPSA) is 58.5 Å². The third-order valence-electron chi connectivity index (χ3n) is 4.20. The van der Waals surface area contributed by atoms with Crippen LogP contribution in [-0.4, -0.2) is 30.1 Å². The van der Waals surface area contributed by atoms with Crippen molar-refractivity contribution in [3.05, 3.63) is 72.3 Å². The van der Waals surface area contributed by atoms with Gasteiger partial charge in [-0.1, -0.05) is 24.3 Å². The van der Waals surface area contributed by atoms with E-state index in [1.807, 2.05) is 38.2 Å². The van der Waals surface area contributed by atoms with Crippen molar-refractivity contribution >= 4 is 40.7 Å². The summed E-state index contributed by atoms with van der Waals surface area (Å²) in [6.45, 7) is 5.76. The summed E-state index contributed by atoms with van der Waals surface area (Å²) >= 11 is 0. The first kappa shape index (κ1) is 22.9. The lowest BCUT2D eigenvalue weighted by Gasteiger charge is -2.17. The van der Waals surface area contributed by atoms with Gasteiger partial charge < -0.3 is 15.4 Å².